The highest BCUT2D eigenvalue weighted by atomic mass is 19.4. The number of hydrogen-bond donors (Lipinski definition) is 1. The lowest BCUT2D eigenvalue weighted by atomic mass is 10.1. The summed E-state index contributed by atoms with van der Waals surface area (Å²) in [4.78, 5) is 12.2. The van der Waals surface area contributed by atoms with E-state index in [9.17, 15) is 18.0 Å². The average molecular weight is 447 g/mol. The van der Waals surface area contributed by atoms with Crippen LogP contribution in [0.25, 0.3) is 5.69 Å². The van der Waals surface area contributed by atoms with Crippen LogP contribution in [0.5, 0.6) is 11.5 Å². The normalized spacial score (nSPS) is 11.2. The fraction of sp³-hybridized carbons (Fsp3) is 0.304. The van der Waals surface area contributed by atoms with Crippen molar-refractivity contribution in [2.24, 2.45) is 0 Å². The highest BCUT2D eigenvalue weighted by Crippen LogP contribution is 2.30. The lowest BCUT2D eigenvalue weighted by molar-refractivity contribution is -0.153. The van der Waals surface area contributed by atoms with E-state index in [0.29, 0.717) is 19.4 Å². The van der Waals surface area contributed by atoms with E-state index in [1.54, 1.807) is 23.0 Å². The van der Waals surface area contributed by atoms with E-state index in [2.05, 4.69) is 10.4 Å². The van der Waals surface area contributed by atoms with Crippen molar-refractivity contribution in [3.8, 4) is 17.2 Å². The minimum Gasteiger partial charge on any atom is -0.493 e. The average Bonchev–Trinajstić information content (AvgIpc) is 3.25. The third-order valence-electron chi connectivity index (χ3n) is 4.65. The first-order valence-corrected chi connectivity index (χ1v) is 10.1. The smallest absolute Gasteiger partial charge is 0.422 e. The first-order chi connectivity index (χ1) is 15.3. The first-order valence-electron chi connectivity index (χ1n) is 10.1. The Morgan fingerprint density at radius 3 is 2.56 bits per heavy atom. The van der Waals surface area contributed by atoms with Crippen molar-refractivity contribution < 1.29 is 27.4 Å². The quantitative estimate of drug-likeness (QED) is 0.508. The number of carbonyl (C=O) groups is 1. The molecule has 1 amide bonds. The van der Waals surface area contributed by atoms with E-state index in [4.69, 9.17) is 9.47 Å². The van der Waals surface area contributed by atoms with Gasteiger partial charge in [0.25, 0.3) is 0 Å². The fourth-order valence-electron chi connectivity index (χ4n) is 3.05. The van der Waals surface area contributed by atoms with Crippen molar-refractivity contribution in [3.63, 3.8) is 0 Å². The van der Waals surface area contributed by atoms with Gasteiger partial charge >= 0.3 is 6.18 Å². The van der Waals surface area contributed by atoms with Crippen LogP contribution in [-0.4, -0.2) is 42.1 Å². The molecule has 0 aliphatic rings. The van der Waals surface area contributed by atoms with Crippen LogP contribution in [0.15, 0.2) is 60.9 Å². The van der Waals surface area contributed by atoms with Gasteiger partial charge < -0.3 is 14.8 Å². The van der Waals surface area contributed by atoms with Crippen LogP contribution >= 0.6 is 0 Å². The molecule has 3 aromatic rings. The summed E-state index contributed by atoms with van der Waals surface area (Å²) < 4.78 is 48.7. The maximum absolute atomic E-state index is 12.3. The number of aromatic nitrogens is 2. The van der Waals surface area contributed by atoms with E-state index in [-0.39, 0.29) is 23.8 Å². The van der Waals surface area contributed by atoms with Gasteiger partial charge in [-0.3, -0.25) is 4.79 Å². The van der Waals surface area contributed by atoms with E-state index in [1.807, 2.05) is 36.5 Å². The topological polar surface area (TPSA) is 65.4 Å². The van der Waals surface area contributed by atoms with Gasteiger partial charge in [-0.2, -0.15) is 18.3 Å². The molecule has 1 heterocycles. The molecule has 0 saturated carbocycles. The van der Waals surface area contributed by atoms with Crippen LogP contribution in [0.2, 0.25) is 0 Å². The van der Waals surface area contributed by atoms with Crippen molar-refractivity contribution in [3.05, 3.63) is 72.1 Å². The van der Waals surface area contributed by atoms with Crippen LogP contribution in [0, 0.1) is 0 Å². The molecule has 0 atom stereocenters. The standard InChI is InChI=1S/C23H24F3N3O3/c1-31-21-13-17(7-9-20(21)32-16-23(24,25)26)8-10-22(30)27-12-11-18-14-28-29(15-18)19-5-3-2-4-6-19/h2-7,9,13-15H,8,10-12,16H2,1H3,(H,27,30). The number of benzene rings is 2. The SMILES string of the molecule is COc1cc(CCC(=O)NCCc2cnn(-c3ccccc3)c2)ccc1OCC(F)(F)F. The highest BCUT2D eigenvalue weighted by Gasteiger charge is 2.29. The van der Waals surface area contributed by atoms with Gasteiger partial charge in [0, 0.05) is 19.2 Å². The molecule has 0 saturated heterocycles. The van der Waals surface area contributed by atoms with Crippen molar-refractivity contribution in [2.75, 3.05) is 20.3 Å². The molecular weight excluding hydrogens is 423 g/mol. The van der Waals surface area contributed by atoms with Crippen LogP contribution in [0.1, 0.15) is 17.5 Å². The molecule has 32 heavy (non-hydrogen) atoms. The molecule has 0 unspecified atom stereocenters. The Morgan fingerprint density at radius 2 is 1.84 bits per heavy atom. The molecule has 2 aromatic carbocycles. The number of rotatable bonds is 10. The van der Waals surface area contributed by atoms with E-state index >= 15 is 0 Å². The van der Waals surface area contributed by atoms with Gasteiger partial charge in [-0.15, -0.1) is 0 Å². The summed E-state index contributed by atoms with van der Waals surface area (Å²) in [6.45, 7) is -0.914. The second-order valence-electron chi connectivity index (χ2n) is 7.12. The Kier molecular flexibility index (Phi) is 7.75. The highest BCUT2D eigenvalue weighted by molar-refractivity contribution is 5.76. The van der Waals surface area contributed by atoms with Crippen molar-refractivity contribution in [1.82, 2.24) is 15.1 Å². The van der Waals surface area contributed by atoms with Crippen molar-refractivity contribution in [2.45, 2.75) is 25.4 Å². The molecule has 170 valence electrons. The predicted molar refractivity (Wildman–Crippen MR) is 113 cm³/mol. The minimum atomic E-state index is -4.43. The molecule has 0 radical (unpaired) electrons. The zero-order chi connectivity index (χ0) is 23.0. The number of alkyl halides is 3. The van der Waals surface area contributed by atoms with Gasteiger partial charge in [-0.1, -0.05) is 24.3 Å². The summed E-state index contributed by atoms with van der Waals surface area (Å²) >= 11 is 0. The maximum Gasteiger partial charge on any atom is 0.422 e. The zero-order valence-corrected chi connectivity index (χ0v) is 17.6. The number of carbonyl (C=O) groups excluding carboxylic acids is 1. The summed E-state index contributed by atoms with van der Waals surface area (Å²) in [6, 6.07) is 14.4. The van der Waals surface area contributed by atoms with Gasteiger partial charge in [-0.05, 0) is 48.2 Å². The van der Waals surface area contributed by atoms with Gasteiger partial charge in [-0.25, -0.2) is 4.68 Å². The van der Waals surface area contributed by atoms with E-state index < -0.39 is 12.8 Å². The number of hydrogen-bond acceptors (Lipinski definition) is 4. The lowest BCUT2D eigenvalue weighted by Gasteiger charge is -2.13. The van der Waals surface area contributed by atoms with Crippen molar-refractivity contribution >= 4 is 5.91 Å². The molecule has 6 nitrogen and oxygen atoms in total. The van der Waals surface area contributed by atoms with Crippen LogP contribution in [0.3, 0.4) is 0 Å². The third kappa shape index (κ3) is 7.04. The zero-order valence-electron chi connectivity index (χ0n) is 17.6. The molecule has 0 fully saturated rings. The number of nitrogens with one attached hydrogen (secondary N) is 1. The Balaban J connectivity index is 1.43. The number of aryl methyl sites for hydroxylation is 1. The summed E-state index contributed by atoms with van der Waals surface area (Å²) in [5.74, 6) is 0.0912. The van der Waals surface area contributed by atoms with Crippen LogP contribution < -0.4 is 14.8 Å². The van der Waals surface area contributed by atoms with Gasteiger partial charge in [0.15, 0.2) is 18.1 Å². The first kappa shape index (κ1) is 23.2. The number of ether oxygens (including phenoxy) is 2. The fourth-order valence-corrected chi connectivity index (χ4v) is 3.05. The molecule has 0 spiro atoms. The second-order valence-corrected chi connectivity index (χ2v) is 7.12. The molecule has 3 rings (SSSR count). The number of amides is 1. The molecular formula is C23H24F3N3O3. The third-order valence-corrected chi connectivity index (χ3v) is 4.65. The lowest BCUT2D eigenvalue weighted by Crippen LogP contribution is -2.25. The van der Waals surface area contributed by atoms with Gasteiger partial charge in [0.05, 0.1) is 19.0 Å². The van der Waals surface area contributed by atoms with Crippen LogP contribution in [0.4, 0.5) is 13.2 Å². The van der Waals surface area contributed by atoms with Gasteiger partial charge in [0.2, 0.25) is 5.91 Å². The number of para-hydroxylation sites is 1. The van der Waals surface area contributed by atoms with E-state index in [1.165, 1.54) is 13.2 Å². The number of methoxy groups -OCH3 is 1. The monoisotopic (exact) mass is 447 g/mol. The predicted octanol–water partition coefficient (Wildman–Crippen LogP) is 4.11. The minimum absolute atomic E-state index is 0.00840. The molecule has 1 N–H and O–H groups in total. The Hall–Kier alpha value is -3.49. The molecule has 0 bridgehead atoms. The summed E-state index contributed by atoms with van der Waals surface area (Å²) in [7, 11) is 1.35. The Labute approximate surface area is 184 Å². The molecule has 1 aromatic heterocycles. The van der Waals surface area contributed by atoms with Crippen LogP contribution in [-0.2, 0) is 17.6 Å². The summed E-state index contributed by atoms with van der Waals surface area (Å²) in [5, 5.41) is 7.20. The van der Waals surface area contributed by atoms with Crippen molar-refractivity contribution in [1.29, 1.82) is 0 Å². The van der Waals surface area contributed by atoms with E-state index in [0.717, 1.165) is 16.8 Å². The van der Waals surface area contributed by atoms with Gasteiger partial charge in [0.1, 0.15) is 0 Å². The Morgan fingerprint density at radius 1 is 1.06 bits per heavy atom. The molecule has 0 aliphatic heterocycles. The number of halogens is 3. The largest absolute Gasteiger partial charge is 0.493 e. The molecule has 0 aliphatic carbocycles. The molecule has 9 heteroatoms. The second kappa shape index (κ2) is 10.7. The number of nitrogens with zero attached hydrogens (tertiary/aromatic N) is 2. The Bertz CT molecular complexity index is 1020. The summed E-state index contributed by atoms with van der Waals surface area (Å²) in [5.41, 5.74) is 2.74. The summed E-state index contributed by atoms with van der Waals surface area (Å²) in [6.07, 6.45) is 0.590. The maximum atomic E-state index is 12.3.